The Kier molecular flexibility index (Phi) is 4.35. The van der Waals surface area contributed by atoms with E-state index in [1.807, 2.05) is 6.92 Å². The van der Waals surface area contributed by atoms with Gasteiger partial charge in [-0.2, -0.15) is 0 Å². The van der Waals surface area contributed by atoms with Crippen LogP contribution >= 0.6 is 23.2 Å². The third kappa shape index (κ3) is 3.66. The largest absolute Gasteiger partial charge is 0.467 e. The maximum Gasteiger partial charge on any atom is 0.319 e. The molecular weight excluding hydrogens is 287 g/mol. The Balaban J connectivity index is 1.95. The van der Waals surface area contributed by atoms with Gasteiger partial charge in [0, 0.05) is 15.7 Å². The number of urea groups is 1. The highest BCUT2D eigenvalue weighted by molar-refractivity contribution is 6.36. The van der Waals surface area contributed by atoms with Crippen molar-refractivity contribution in [2.45, 2.75) is 13.5 Å². The highest BCUT2D eigenvalue weighted by Gasteiger charge is 2.07. The van der Waals surface area contributed by atoms with Crippen molar-refractivity contribution in [1.82, 2.24) is 5.32 Å². The van der Waals surface area contributed by atoms with Gasteiger partial charge in [-0.15, -0.1) is 0 Å². The van der Waals surface area contributed by atoms with Gasteiger partial charge >= 0.3 is 6.03 Å². The van der Waals surface area contributed by atoms with E-state index in [-0.39, 0.29) is 6.03 Å². The second-order valence-electron chi connectivity index (χ2n) is 3.95. The van der Waals surface area contributed by atoms with Crippen molar-refractivity contribution in [3.05, 3.63) is 51.9 Å². The average molecular weight is 299 g/mol. The van der Waals surface area contributed by atoms with E-state index in [1.165, 1.54) is 0 Å². The number of carbonyl (C=O) groups is 1. The number of furan rings is 1. The summed E-state index contributed by atoms with van der Waals surface area (Å²) in [6.07, 6.45) is 1.55. The molecule has 2 N–H and O–H groups in total. The summed E-state index contributed by atoms with van der Waals surface area (Å²) in [4.78, 5) is 11.7. The minimum atomic E-state index is -0.354. The van der Waals surface area contributed by atoms with E-state index in [0.717, 1.165) is 5.56 Å². The van der Waals surface area contributed by atoms with E-state index in [0.29, 0.717) is 28.0 Å². The Bertz CT molecular complexity index is 559. The lowest BCUT2D eigenvalue weighted by Gasteiger charge is -2.09. The molecule has 19 heavy (non-hydrogen) atoms. The third-order valence-corrected chi connectivity index (χ3v) is 3.33. The van der Waals surface area contributed by atoms with Crippen LogP contribution in [0.15, 0.2) is 34.9 Å². The fourth-order valence-electron chi connectivity index (χ4n) is 1.47. The summed E-state index contributed by atoms with van der Waals surface area (Å²) in [7, 11) is 0. The van der Waals surface area contributed by atoms with Gasteiger partial charge in [-0.25, -0.2) is 4.79 Å². The Morgan fingerprint density at radius 3 is 2.58 bits per heavy atom. The molecule has 2 rings (SSSR count). The van der Waals surface area contributed by atoms with Crippen LogP contribution in [0.5, 0.6) is 0 Å². The molecular formula is C13H12Cl2N2O2. The van der Waals surface area contributed by atoms with E-state index in [9.17, 15) is 4.79 Å². The van der Waals surface area contributed by atoms with E-state index in [2.05, 4.69) is 10.6 Å². The lowest BCUT2D eigenvalue weighted by atomic mass is 10.2. The van der Waals surface area contributed by atoms with Crippen molar-refractivity contribution < 1.29 is 9.21 Å². The van der Waals surface area contributed by atoms with Crippen LogP contribution in [0.1, 0.15) is 11.3 Å². The molecule has 0 aliphatic rings. The van der Waals surface area contributed by atoms with Crippen molar-refractivity contribution >= 4 is 34.9 Å². The molecule has 0 saturated carbocycles. The number of benzene rings is 1. The molecule has 100 valence electrons. The van der Waals surface area contributed by atoms with Gasteiger partial charge in [0.25, 0.3) is 0 Å². The van der Waals surface area contributed by atoms with Gasteiger partial charge in [-0.1, -0.05) is 23.2 Å². The monoisotopic (exact) mass is 298 g/mol. The Hall–Kier alpha value is -1.65. The Labute approximate surface area is 120 Å². The fraction of sp³-hybridized carbons (Fsp3) is 0.154. The number of hydrogen-bond acceptors (Lipinski definition) is 2. The molecule has 0 spiro atoms. The van der Waals surface area contributed by atoms with Crippen molar-refractivity contribution in [2.75, 3.05) is 5.32 Å². The van der Waals surface area contributed by atoms with Gasteiger partial charge in [0.15, 0.2) is 0 Å². The Morgan fingerprint density at radius 1 is 1.32 bits per heavy atom. The average Bonchev–Trinajstić information content (AvgIpc) is 2.86. The van der Waals surface area contributed by atoms with Gasteiger partial charge in [-0.05, 0) is 36.8 Å². The smallest absolute Gasteiger partial charge is 0.319 e. The molecule has 0 atom stereocenters. The molecule has 0 aliphatic carbocycles. The number of anilines is 1. The molecule has 2 aromatic rings. The maximum absolute atomic E-state index is 11.7. The minimum absolute atomic E-state index is 0.312. The molecule has 0 saturated heterocycles. The number of nitrogens with one attached hydrogen (secondary N) is 2. The topological polar surface area (TPSA) is 54.3 Å². The number of carbonyl (C=O) groups excluding carboxylic acids is 1. The third-order valence-electron chi connectivity index (χ3n) is 2.54. The van der Waals surface area contributed by atoms with Crippen LogP contribution in [0.4, 0.5) is 10.5 Å². The molecule has 1 heterocycles. The van der Waals surface area contributed by atoms with Crippen LogP contribution in [-0.2, 0) is 6.54 Å². The molecule has 4 nitrogen and oxygen atoms in total. The molecule has 1 aromatic carbocycles. The summed E-state index contributed by atoms with van der Waals surface area (Å²) < 4.78 is 5.10. The molecule has 1 aromatic heterocycles. The van der Waals surface area contributed by atoms with E-state index in [1.54, 1.807) is 30.5 Å². The minimum Gasteiger partial charge on any atom is -0.467 e. The van der Waals surface area contributed by atoms with Crippen LogP contribution in [0, 0.1) is 6.92 Å². The predicted octanol–water partition coefficient (Wildman–Crippen LogP) is 4.22. The van der Waals surface area contributed by atoms with Crippen LogP contribution in [0.3, 0.4) is 0 Å². The highest BCUT2D eigenvalue weighted by atomic mass is 35.5. The maximum atomic E-state index is 11.7. The summed E-state index contributed by atoms with van der Waals surface area (Å²) in [6, 6.07) is 6.48. The summed E-state index contributed by atoms with van der Waals surface area (Å²) in [6.45, 7) is 2.12. The number of hydrogen-bond donors (Lipinski definition) is 2. The number of amides is 2. The van der Waals surface area contributed by atoms with Gasteiger partial charge in [-0.3, -0.25) is 0 Å². The SMILES string of the molecule is Cc1c(Cl)cc(NC(=O)NCc2ccco2)cc1Cl. The van der Waals surface area contributed by atoms with Gasteiger partial charge < -0.3 is 15.1 Å². The predicted molar refractivity (Wildman–Crippen MR) is 75.8 cm³/mol. The number of halogens is 2. The first-order valence-electron chi connectivity index (χ1n) is 5.59. The van der Waals surface area contributed by atoms with Crippen LogP contribution in [0.25, 0.3) is 0 Å². The summed E-state index contributed by atoms with van der Waals surface area (Å²) in [5, 5.41) is 6.33. The van der Waals surface area contributed by atoms with Gasteiger partial charge in [0.05, 0.1) is 12.8 Å². The van der Waals surface area contributed by atoms with E-state index in [4.69, 9.17) is 27.6 Å². The first-order chi connectivity index (χ1) is 9.06. The van der Waals surface area contributed by atoms with E-state index >= 15 is 0 Å². The first kappa shape index (κ1) is 13.8. The zero-order chi connectivity index (χ0) is 13.8. The fourth-order valence-corrected chi connectivity index (χ4v) is 1.96. The number of rotatable bonds is 3. The lowest BCUT2D eigenvalue weighted by Crippen LogP contribution is -2.28. The summed E-state index contributed by atoms with van der Waals surface area (Å²) in [5.41, 5.74) is 1.32. The summed E-state index contributed by atoms with van der Waals surface area (Å²) in [5.74, 6) is 0.676. The highest BCUT2D eigenvalue weighted by Crippen LogP contribution is 2.27. The lowest BCUT2D eigenvalue weighted by molar-refractivity contribution is 0.251. The molecule has 2 amide bonds. The Morgan fingerprint density at radius 2 is 2.00 bits per heavy atom. The zero-order valence-electron chi connectivity index (χ0n) is 10.2. The second kappa shape index (κ2) is 5.99. The molecule has 0 unspecified atom stereocenters. The molecule has 0 aliphatic heterocycles. The zero-order valence-corrected chi connectivity index (χ0v) is 11.7. The summed E-state index contributed by atoms with van der Waals surface area (Å²) >= 11 is 12.0. The molecule has 6 heteroatoms. The molecule has 0 bridgehead atoms. The molecule has 0 fully saturated rings. The van der Waals surface area contributed by atoms with Crippen LogP contribution in [-0.4, -0.2) is 6.03 Å². The normalized spacial score (nSPS) is 10.3. The van der Waals surface area contributed by atoms with Crippen LogP contribution < -0.4 is 10.6 Å². The second-order valence-corrected chi connectivity index (χ2v) is 4.77. The first-order valence-corrected chi connectivity index (χ1v) is 6.34. The quantitative estimate of drug-likeness (QED) is 0.891. The van der Waals surface area contributed by atoms with E-state index < -0.39 is 0 Å². The van der Waals surface area contributed by atoms with Crippen LogP contribution in [0.2, 0.25) is 10.0 Å². The van der Waals surface area contributed by atoms with Crippen molar-refractivity contribution in [1.29, 1.82) is 0 Å². The van der Waals surface area contributed by atoms with Gasteiger partial charge in [0.1, 0.15) is 5.76 Å². The van der Waals surface area contributed by atoms with Gasteiger partial charge in [0.2, 0.25) is 0 Å². The molecule has 0 radical (unpaired) electrons. The van der Waals surface area contributed by atoms with Crippen molar-refractivity contribution in [2.24, 2.45) is 0 Å². The van der Waals surface area contributed by atoms with Crippen molar-refractivity contribution in [3.63, 3.8) is 0 Å². The standard InChI is InChI=1S/C13H12Cl2N2O2/c1-8-11(14)5-9(6-12(8)15)17-13(18)16-7-10-3-2-4-19-10/h2-6H,7H2,1H3,(H2,16,17,18). The van der Waals surface area contributed by atoms with Crippen molar-refractivity contribution in [3.8, 4) is 0 Å².